The maximum Gasteiger partial charge on any atom is 0.257 e. The molecule has 0 aliphatic carbocycles. The Morgan fingerprint density at radius 2 is 1.89 bits per heavy atom. The molecule has 3 N–H and O–H groups in total. The van der Waals surface area contributed by atoms with Crippen LogP contribution in [0.15, 0.2) is 18.5 Å². The molecule has 0 unspecified atom stereocenters. The largest absolute Gasteiger partial charge is 0.338 e. The number of amides is 1. The van der Waals surface area contributed by atoms with Gasteiger partial charge in [-0.25, -0.2) is 0 Å². The summed E-state index contributed by atoms with van der Waals surface area (Å²) in [4.78, 5) is 18.5. The molecule has 5 nitrogen and oxygen atoms in total. The molecule has 106 valence electrons. The summed E-state index contributed by atoms with van der Waals surface area (Å²) in [6.45, 7) is 9.88. The summed E-state index contributed by atoms with van der Waals surface area (Å²) in [5.41, 5.74) is 3.68. The normalized spacial score (nSPS) is 10.9. The lowest BCUT2D eigenvalue weighted by molar-refractivity contribution is 0.0715. The molecule has 1 rings (SSSR count). The summed E-state index contributed by atoms with van der Waals surface area (Å²) in [7, 11) is 0. The number of hydrogen-bond acceptors (Lipinski definition) is 4. The molecule has 0 atom stereocenters. The summed E-state index contributed by atoms with van der Waals surface area (Å²) in [5, 5.41) is 0. The number of aromatic nitrogens is 1. The number of pyridine rings is 1. The van der Waals surface area contributed by atoms with E-state index in [0.717, 1.165) is 13.1 Å². The molecule has 1 amide bonds. The Bertz CT molecular complexity index is 408. The lowest BCUT2D eigenvalue weighted by atomic mass is 10.1. The first-order valence-electron chi connectivity index (χ1n) is 6.65. The van der Waals surface area contributed by atoms with Crippen LogP contribution in [0.4, 0.5) is 5.69 Å². The van der Waals surface area contributed by atoms with E-state index in [-0.39, 0.29) is 5.91 Å². The van der Waals surface area contributed by atoms with Crippen molar-refractivity contribution in [3.05, 3.63) is 24.0 Å². The van der Waals surface area contributed by atoms with E-state index >= 15 is 0 Å². The van der Waals surface area contributed by atoms with Crippen LogP contribution in [0.5, 0.6) is 0 Å². The van der Waals surface area contributed by atoms with Gasteiger partial charge in [-0.3, -0.25) is 15.6 Å². The first kappa shape index (κ1) is 15.4. The second kappa shape index (κ2) is 7.09. The van der Waals surface area contributed by atoms with Crippen LogP contribution in [-0.4, -0.2) is 28.9 Å². The van der Waals surface area contributed by atoms with Crippen LogP contribution in [0.3, 0.4) is 0 Å². The third kappa shape index (κ3) is 4.52. The molecule has 0 aromatic carbocycles. The third-order valence-electron chi connectivity index (χ3n) is 2.67. The summed E-state index contributed by atoms with van der Waals surface area (Å²) < 4.78 is 0. The van der Waals surface area contributed by atoms with E-state index in [1.54, 1.807) is 18.5 Å². The van der Waals surface area contributed by atoms with Crippen molar-refractivity contribution in [1.29, 1.82) is 0 Å². The standard InChI is InChI=1S/C14H24N4O/c1-10(2)8-18(9-11(3)4)14(19)12-7-16-6-5-13(12)17-15/h5-7,10-11H,8-9,15H2,1-4H3,(H,16,17). The molecule has 0 aliphatic heterocycles. The van der Waals surface area contributed by atoms with Crippen molar-refractivity contribution in [2.45, 2.75) is 27.7 Å². The van der Waals surface area contributed by atoms with Gasteiger partial charge >= 0.3 is 0 Å². The molecular weight excluding hydrogens is 240 g/mol. The number of carbonyl (C=O) groups excluding carboxylic acids is 1. The number of nitrogen functional groups attached to an aromatic ring is 1. The van der Waals surface area contributed by atoms with Crippen molar-refractivity contribution >= 4 is 11.6 Å². The smallest absolute Gasteiger partial charge is 0.257 e. The highest BCUT2D eigenvalue weighted by Crippen LogP contribution is 2.16. The Kier molecular flexibility index (Phi) is 5.76. The zero-order valence-electron chi connectivity index (χ0n) is 12.2. The number of nitrogens with two attached hydrogens (primary N) is 1. The minimum absolute atomic E-state index is 0.0246. The topological polar surface area (TPSA) is 71.2 Å². The fourth-order valence-electron chi connectivity index (χ4n) is 1.98. The highest BCUT2D eigenvalue weighted by molar-refractivity contribution is 5.99. The molecule has 0 radical (unpaired) electrons. The van der Waals surface area contributed by atoms with Crippen LogP contribution in [0.2, 0.25) is 0 Å². The molecule has 0 fully saturated rings. The molecule has 1 aromatic rings. The van der Waals surface area contributed by atoms with Crippen LogP contribution in [0, 0.1) is 11.8 Å². The second-order valence-corrected chi connectivity index (χ2v) is 5.56. The van der Waals surface area contributed by atoms with Crippen molar-refractivity contribution in [2.75, 3.05) is 18.5 Å². The molecule has 0 bridgehead atoms. The molecular formula is C14H24N4O. The number of hydrogen-bond donors (Lipinski definition) is 2. The third-order valence-corrected chi connectivity index (χ3v) is 2.67. The molecule has 0 aliphatic rings. The van der Waals surface area contributed by atoms with Gasteiger partial charge in [-0.2, -0.15) is 0 Å². The van der Waals surface area contributed by atoms with Crippen molar-refractivity contribution in [3.8, 4) is 0 Å². The molecule has 0 spiro atoms. The minimum atomic E-state index is -0.0246. The molecule has 1 aromatic heterocycles. The summed E-state index contributed by atoms with van der Waals surface area (Å²) in [6.07, 6.45) is 3.17. The molecule has 5 heteroatoms. The van der Waals surface area contributed by atoms with E-state index in [1.807, 2.05) is 4.90 Å². The number of carbonyl (C=O) groups is 1. The predicted octanol–water partition coefficient (Wildman–Crippen LogP) is 2.12. The van der Waals surface area contributed by atoms with E-state index in [0.29, 0.717) is 23.1 Å². The number of hydrazine groups is 1. The van der Waals surface area contributed by atoms with Gasteiger partial charge < -0.3 is 10.3 Å². The van der Waals surface area contributed by atoms with E-state index in [9.17, 15) is 4.79 Å². The van der Waals surface area contributed by atoms with Gasteiger partial charge in [0.1, 0.15) is 0 Å². The van der Waals surface area contributed by atoms with Crippen LogP contribution in [-0.2, 0) is 0 Å². The Morgan fingerprint density at radius 1 is 1.32 bits per heavy atom. The summed E-state index contributed by atoms with van der Waals surface area (Å²) in [6, 6.07) is 1.70. The van der Waals surface area contributed by atoms with Gasteiger partial charge in [-0.05, 0) is 17.9 Å². The second-order valence-electron chi connectivity index (χ2n) is 5.56. The maximum absolute atomic E-state index is 12.6. The van der Waals surface area contributed by atoms with Gasteiger partial charge in [0.25, 0.3) is 5.91 Å². The fourth-order valence-corrected chi connectivity index (χ4v) is 1.98. The van der Waals surface area contributed by atoms with Crippen molar-refractivity contribution in [2.24, 2.45) is 17.7 Å². The predicted molar refractivity (Wildman–Crippen MR) is 77.6 cm³/mol. The van der Waals surface area contributed by atoms with Crippen molar-refractivity contribution in [1.82, 2.24) is 9.88 Å². The van der Waals surface area contributed by atoms with Gasteiger partial charge in [-0.15, -0.1) is 0 Å². The molecule has 19 heavy (non-hydrogen) atoms. The van der Waals surface area contributed by atoms with Crippen LogP contribution in [0.1, 0.15) is 38.1 Å². The Hall–Kier alpha value is -1.62. The average Bonchev–Trinajstić information content (AvgIpc) is 2.36. The van der Waals surface area contributed by atoms with Crippen molar-refractivity contribution in [3.63, 3.8) is 0 Å². The minimum Gasteiger partial charge on any atom is -0.338 e. The highest BCUT2D eigenvalue weighted by Gasteiger charge is 2.20. The molecule has 1 heterocycles. The van der Waals surface area contributed by atoms with E-state index in [4.69, 9.17) is 5.84 Å². The number of nitrogens with zero attached hydrogens (tertiary/aromatic N) is 2. The van der Waals surface area contributed by atoms with Crippen molar-refractivity contribution < 1.29 is 4.79 Å². The van der Waals surface area contributed by atoms with E-state index in [1.165, 1.54) is 0 Å². The molecule has 0 saturated heterocycles. The van der Waals surface area contributed by atoms with Gasteiger partial charge in [0.05, 0.1) is 11.3 Å². The van der Waals surface area contributed by atoms with E-state index < -0.39 is 0 Å². The lowest BCUT2D eigenvalue weighted by Gasteiger charge is -2.27. The lowest BCUT2D eigenvalue weighted by Crippen LogP contribution is -2.37. The van der Waals surface area contributed by atoms with E-state index in [2.05, 4.69) is 38.1 Å². The first-order chi connectivity index (χ1) is 8.95. The fraction of sp³-hybridized carbons (Fsp3) is 0.571. The SMILES string of the molecule is CC(C)CN(CC(C)C)C(=O)c1cnccc1NN. The average molecular weight is 264 g/mol. The van der Waals surface area contributed by atoms with Crippen LogP contribution >= 0.6 is 0 Å². The summed E-state index contributed by atoms with van der Waals surface area (Å²) >= 11 is 0. The van der Waals surface area contributed by atoms with Gasteiger partial charge in [-0.1, -0.05) is 27.7 Å². The van der Waals surface area contributed by atoms with Crippen LogP contribution in [0.25, 0.3) is 0 Å². The summed E-state index contributed by atoms with van der Waals surface area (Å²) in [5.74, 6) is 6.27. The monoisotopic (exact) mass is 264 g/mol. The Morgan fingerprint density at radius 3 is 2.37 bits per heavy atom. The van der Waals surface area contributed by atoms with Gasteiger partial charge in [0, 0.05) is 25.5 Å². The Labute approximate surface area is 115 Å². The highest BCUT2D eigenvalue weighted by atomic mass is 16.2. The zero-order chi connectivity index (χ0) is 14.4. The first-order valence-corrected chi connectivity index (χ1v) is 6.65. The van der Waals surface area contributed by atoms with Crippen LogP contribution < -0.4 is 11.3 Å². The number of nitrogens with one attached hydrogen (secondary N) is 1. The molecule has 0 saturated carbocycles. The van der Waals surface area contributed by atoms with Gasteiger partial charge in [0.15, 0.2) is 0 Å². The quantitative estimate of drug-likeness (QED) is 0.610. The van der Waals surface area contributed by atoms with Gasteiger partial charge in [0.2, 0.25) is 0 Å². The Balaban J connectivity index is 2.97. The zero-order valence-corrected chi connectivity index (χ0v) is 12.2. The maximum atomic E-state index is 12.6. The number of anilines is 1. The number of rotatable bonds is 6.